The maximum Gasteiger partial charge on any atom is 0.260 e. The van der Waals surface area contributed by atoms with E-state index in [1.165, 1.54) is 0 Å². The van der Waals surface area contributed by atoms with E-state index in [0.29, 0.717) is 47.5 Å². The number of ether oxygens (including phenoxy) is 1. The van der Waals surface area contributed by atoms with Gasteiger partial charge in [0.2, 0.25) is 0 Å². The molecule has 2 aliphatic rings. The molecule has 1 atom stereocenters. The van der Waals surface area contributed by atoms with Gasteiger partial charge in [0.15, 0.2) is 6.61 Å². The summed E-state index contributed by atoms with van der Waals surface area (Å²) >= 11 is 0. The van der Waals surface area contributed by atoms with Crippen LogP contribution in [-0.2, 0) is 4.79 Å². The van der Waals surface area contributed by atoms with E-state index >= 15 is 0 Å². The van der Waals surface area contributed by atoms with Gasteiger partial charge in [0, 0.05) is 37.3 Å². The average Bonchev–Trinajstić information content (AvgIpc) is 3.56. The predicted molar refractivity (Wildman–Crippen MR) is 124 cm³/mol. The Bertz CT molecular complexity index is 1350. The first-order chi connectivity index (χ1) is 16.4. The molecule has 9 heteroatoms. The van der Waals surface area contributed by atoms with Crippen LogP contribution in [0.1, 0.15) is 41.3 Å². The Morgan fingerprint density at radius 2 is 2.00 bits per heavy atom. The highest BCUT2D eigenvalue weighted by atomic mass is 16.5. The topological polar surface area (TPSA) is 115 Å². The van der Waals surface area contributed by atoms with Gasteiger partial charge in [-0.05, 0) is 53.5 Å². The van der Waals surface area contributed by atoms with E-state index < -0.39 is 0 Å². The molecule has 1 saturated heterocycles. The van der Waals surface area contributed by atoms with Crippen LogP contribution < -0.4 is 4.74 Å². The SMILES string of the molecule is CC(C)c1cc(C#N)ccc1OCC(=O)N1CC2=CN(C(=O)c3ccc4n[nH]nc4c3)C[C@@H]2C1. The van der Waals surface area contributed by atoms with Crippen molar-refractivity contribution in [2.24, 2.45) is 5.92 Å². The molecule has 1 N–H and O–H groups in total. The number of hydrogen-bond donors (Lipinski definition) is 1. The molecule has 5 rings (SSSR count). The zero-order valence-corrected chi connectivity index (χ0v) is 19.0. The highest BCUT2D eigenvalue weighted by Gasteiger charge is 2.37. The Labute approximate surface area is 196 Å². The summed E-state index contributed by atoms with van der Waals surface area (Å²) in [5, 5.41) is 19.8. The van der Waals surface area contributed by atoms with Crippen molar-refractivity contribution >= 4 is 22.8 Å². The van der Waals surface area contributed by atoms with E-state index in [9.17, 15) is 9.59 Å². The minimum absolute atomic E-state index is 0.0635. The fourth-order valence-electron chi connectivity index (χ4n) is 4.51. The fourth-order valence-corrected chi connectivity index (χ4v) is 4.51. The lowest BCUT2D eigenvalue weighted by atomic mass is 10.00. The third-order valence-corrected chi connectivity index (χ3v) is 6.37. The minimum Gasteiger partial charge on any atom is -0.483 e. The van der Waals surface area contributed by atoms with Gasteiger partial charge >= 0.3 is 0 Å². The number of rotatable bonds is 5. The lowest BCUT2D eigenvalue weighted by Gasteiger charge is -2.21. The molecule has 1 aromatic heterocycles. The van der Waals surface area contributed by atoms with Crippen LogP contribution in [-0.4, -0.2) is 63.3 Å². The second-order valence-corrected chi connectivity index (χ2v) is 8.97. The fraction of sp³-hybridized carbons (Fsp3) is 0.320. The van der Waals surface area contributed by atoms with Gasteiger partial charge in [0.25, 0.3) is 11.8 Å². The Hall–Kier alpha value is -4.19. The molecular formula is C25H24N6O3. The number of likely N-dealkylation sites (tertiary alicyclic amines) is 1. The summed E-state index contributed by atoms with van der Waals surface area (Å²) in [6.45, 7) is 5.58. The third kappa shape index (κ3) is 3.99. The van der Waals surface area contributed by atoms with Crippen molar-refractivity contribution in [3.63, 3.8) is 0 Å². The summed E-state index contributed by atoms with van der Waals surface area (Å²) in [4.78, 5) is 29.3. The van der Waals surface area contributed by atoms with E-state index in [2.05, 4.69) is 21.5 Å². The molecule has 2 amide bonds. The van der Waals surface area contributed by atoms with Crippen molar-refractivity contribution in [3.05, 3.63) is 64.9 Å². The van der Waals surface area contributed by atoms with E-state index in [0.717, 1.165) is 11.1 Å². The predicted octanol–water partition coefficient (Wildman–Crippen LogP) is 2.83. The molecule has 9 nitrogen and oxygen atoms in total. The number of amides is 2. The summed E-state index contributed by atoms with van der Waals surface area (Å²) in [5.74, 6) is 0.744. The molecule has 0 aliphatic carbocycles. The van der Waals surface area contributed by atoms with Crippen LogP contribution in [0.4, 0.5) is 0 Å². The summed E-state index contributed by atoms with van der Waals surface area (Å²) in [7, 11) is 0. The molecular weight excluding hydrogens is 432 g/mol. The quantitative estimate of drug-likeness (QED) is 0.631. The number of hydrogen-bond acceptors (Lipinski definition) is 6. The van der Waals surface area contributed by atoms with Crippen LogP contribution in [0.3, 0.4) is 0 Å². The lowest BCUT2D eigenvalue weighted by molar-refractivity contribution is -0.132. The second kappa shape index (κ2) is 8.63. The first-order valence-corrected chi connectivity index (χ1v) is 11.2. The van der Waals surface area contributed by atoms with Crippen LogP contribution in [0, 0.1) is 17.2 Å². The summed E-state index contributed by atoms with van der Waals surface area (Å²) in [5.41, 5.74) is 4.48. The molecule has 0 saturated carbocycles. The number of aromatic nitrogens is 3. The van der Waals surface area contributed by atoms with Crippen LogP contribution in [0.15, 0.2) is 48.2 Å². The van der Waals surface area contributed by atoms with E-state index in [4.69, 9.17) is 10.00 Å². The molecule has 2 aromatic carbocycles. The molecule has 0 bridgehead atoms. The number of carbonyl (C=O) groups is 2. The first-order valence-electron chi connectivity index (χ1n) is 11.2. The monoisotopic (exact) mass is 456 g/mol. The number of nitrogens with one attached hydrogen (secondary N) is 1. The number of nitriles is 1. The summed E-state index contributed by atoms with van der Waals surface area (Å²) in [6.07, 6.45) is 1.87. The van der Waals surface area contributed by atoms with Gasteiger partial charge in [-0.15, -0.1) is 0 Å². The van der Waals surface area contributed by atoms with Crippen LogP contribution >= 0.6 is 0 Å². The van der Waals surface area contributed by atoms with Crippen molar-refractivity contribution in [2.45, 2.75) is 19.8 Å². The Morgan fingerprint density at radius 1 is 1.18 bits per heavy atom. The molecule has 3 aromatic rings. The minimum atomic E-state index is -0.0938. The molecule has 0 spiro atoms. The van der Waals surface area contributed by atoms with Crippen LogP contribution in [0.2, 0.25) is 0 Å². The van der Waals surface area contributed by atoms with Crippen molar-refractivity contribution in [1.29, 1.82) is 5.26 Å². The molecule has 34 heavy (non-hydrogen) atoms. The van der Waals surface area contributed by atoms with E-state index in [1.54, 1.807) is 40.1 Å². The lowest BCUT2D eigenvalue weighted by Crippen LogP contribution is -2.35. The van der Waals surface area contributed by atoms with Gasteiger partial charge in [-0.2, -0.15) is 20.7 Å². The Kier molecular flexibility index (Phi) is 5.49. The second-order valence-electron chi connectivity index (χ2n) is 8.97. The van der Waals surface area contributed by atoms with Crippen molar-refractivity contribution < 1.29 is 14.3 Å². The third-order valence-electron chi connectivity index (χ3n) is 6.37. The molecule has 3 heterocycles. The highest BCUT2D eigenvalue weighted by molar-refractivity contribution is 5.98. The Morgan fingerprint density at radius 3 is 2.76 bits per heavy atom. The molecule has 2 aliphatic heterocycles. The normalized spacial score (nSPS) is 17.1. The smallest absolute Gasteiger partial charge is 0.260 e. The zero-order chi connectivity index (χ0) is 23.8. The highest BCUT2D eigenvalue weighted by Crippen LogP contribution is 2.31. The van der Waals surface area contributed by atoms with E-state index in [-0.39, 0.29) is 30.3 Å². The van der Waals surface area contributed by atoms with E-state index in [1.807, 2.05) is 26.1 Å². The molecule has 0 radical (unpaired) electrons. The number of nitrogens with zero attached hydrogens (tertiary/aromatic N) is 5. The molecule has 172 valence electrons. The number of carbonyl (C=O) groups excluding carboxylic acids is 2. The van der Waals surface area contributed by atoms with Crippen LogP contribution in [0.5, 0.6) is 5.75 Å². The van der Waals surface area contributed by atoms with Gasteiger partial charge in [-0.1, -0.05) is 13.8 Å². The first kappa shape index (κ1) is 21.6. The Balaban J connectivity index is 1.21. The average molecular weight is 457 g/mol. The number of H-pyrrole nitrogens is 1. The number of fused-ring (bicyclic) bond motifs is 2. The molecule has 1 fully saturated rings. The van der Waals surface area contributed by atoms with Crippen molar-refractivity contribution in [2.75, 3.05) is 26.2 Å². The van der Waals surface area contributed by atoms with Gasteiger partial charge in [-0.25, -0.2) is 0 Å². The van der Waals surface area contributed by atoms with Gasteiger partial charge in [-0.3, -0.25) is 9.59 Å². The maximum absolute atomic E-state index is 13.0. The summed E-state index contributed by atoms with van der Waals surface area (Å²) < 4.78 is 5.84. The van der Waals surface area contributed by atoms with Gasteiger partial charge < -0.3 is 14.5 Å². The zero-order valence-electron chi connectivity index (χ0n) is 19.0. The van der Waals surface area contributed by atoms with Crippen molar-refractivity contribution in [3.8, 4) is 11.8 Å². The van der Waals surface area contributed by atoms with Gasteiger partial charge in [0.05, 0.1) is 11.6 Å². The standard InChI is InChI=1S/C25H24N6O3/c1-15(2)20-7-16(9-26)3-6-23(20)34-14-24(32)30-10-18-12-31(13-19(18)11-30)25(33)17-4-5-21-22(8-17)28-29-27-21/h3-8,12,15,19H,10-11,13-14H2,1-2H3,(H,27,28,29)/t19-/m0/s1. The van der Waals surface area contributed by atoms with Gasteiger partial charge in [0.1, 0.15) is 16.8 Å². The number of aromatic amines is 1. The summed E-state index contributed by atoms with van der Waals surface area (Å²) in [6, 6.07) is 12.7. The van der Waals surface area contributed by atoms with Crippen LogP contribution in [0.25, 0.3) is 11.0 Å². The van der Waals surface area contributed by atoms with Crippen molar-refractivity contribution in [1.82, 2.24) is 25.2 Å². The molecule has 0 unspecified atom stereocenters. The largest absolute Gasteiger partial charge is 0.483 e. The maximum atomic E-state index is 13.0. The number of benzene rings is 2.